The second-order valence-electron chi connectivity index (χ2n) is 5.31. The van der Waals surface area contributed by atoms with Crippen molar-refractivity contribution in [3.8, 4) is 5.75 Å². The molecular formula is C20H19OP. The Kier molecular flexibility index (Phi) is 4.56. The first-order valence-electron chi connectivity index (χ1n) is 7.44. The monoisotopic (exact) mass is 306 g/mol. The van der Waals surface area contributed by atoms with Crippen LogP contribution in [0.4, 0.5) is 0 Å². The molecule has 0 saturated carbocycles. The van der Waals surface area contributed by atoms with Crippen molar-refractivity contribution in [1.29, 1.82) is 0 Å². The minimum atomic E-state index is -0.480. The maximum absolute atomic E-state index is 9.52. The smallest absolute Gasteiger partial charge is 0.115 e. The van der Waals surface area contributed by atoms with E-state index >= 15 is 0 Å². The summed E-state index contributed by atoms with van der Waals surface area (Å²) < 4.78 is 0. The van der Waals surface area contributed by atoms with Crippen LogP contribution in [0.25, 0.3) is 0 Å². The summed E-state index contributed by atoms with van der Waals surface area (Å²) in [6, 6.07) is 29.0. The lowest BCUT2D eigenvalue weighted by atomic mass is 10.2. The second-order valence-corrected chi connectivity index (χ2v) is 7.86. The molecule has 0 heterocycles. The van der Waals surface area contributed by atoms with Crippen LogP contribution in [-0.2, 0) is 0 Å². The molecule has 0 radical (unpaired) electrons. The topological polar surface area (TPSA) is 20.2 Å². The summed E-state index contributed by atoms with van der Waals surface area (Å²) in [5.41, 5.74) is 1.65. The molecule has 1 N–H and O–H groups in total. The summed E-state index contributed by atoms with van der Waals surface area (Å²) >= 11 is 0. The highest BCUT2D eigenvalue weighted by molar-refractivity contribution is 7.73. The Morgan fingerprint density at radius 2 is 1.14 bits per heavy atom. The van der Waals surface area contributed by atoms with Gasteiger partial charge < -0.3 is 5.11 Å². The van der Waals surface area contributed by atoms with Gasteiger partial charge in [-0.2, -0.15) is 0 Å². The van der Waals surface area contributed by atoms with Crippen LogP contribution in [-0.4, -0.2) is 5.11 Å². The molecule has 3 aromatic carbocycles. The van der Waals surface area contributed by atoms with E-state index in [9.17, 15) is 5.11 Å². The minimum Gasteiger partial charge on any atom is -0.508 e. The molecule has 0 aromatic heterocycles. The number of aromatic hydroxyl groups is 1. The van der Waals surface area contributed by atoms with Gasteiger partial charge in [-0.05, 0) is 36.2 Å². The van der Waals surface area contributed by atoms with Crippen LogP contribution in [0.15, 0.2) is 84.9 Å². The number of benzene rings is 3. The molecule has 0 spiro atoms. The highest BCUT2D eigenvalue weighted by Gasteiger charge is 2.22. The Morgan fingerprint density at radius 1 is 0.682 bits per heavy atom. The van der Waals surface area contributed by atoms with Crippen molar-refractivity contribution in [3.63, 3.8) is 0 Å². The van der Waals surface area contributed by atoms with E-state index in [4.69, 9.17) is 0 Å². The van der Waals surface area contributed by atoms with Crippen molar-refractivity contribution in [3.05, 3.63) is 90.5 Å². The SMILES string of the molecule is CC(c1ccc(O)cc1)P(c1ccccc1)c1ccccc1. The van der Waals surface area contributed by atoms with Crippen LogP contribution in [0.3, 0.4) is 0 Å². The highest BCUT2D eigenvalue weighted by atomic mass is 31.1. The Morgan fingerprint density at radius 3 is 1.59 bits per heavy atom. The van der Waals surface area contributed by atoms with Gasteiger partial charge in [-0.1, -0.05) is 79.7 Å². The van der Waals surface area contributed by atoms with Crippen LogP contribution in [0.5, 0.6) is 5.75 Å². The summed E-state index contributed by atoms with van der Waals surface area (Å²) in [6.45, 7) is 2.28. The number of phenols is 1. The van der Waals surface area contributed by atoms with Crippen LogP contribution in [0, 0.1) is 0 Å². The van der Waals surface area contributed by atoms with Gasteiger partial charge in [0.25, 0.3) is 0 Å². The highest BCUT2D eigenvalue weighted by Crippen LogP contribution is 2.49. The quantitative estimate of drug-likeness (QED) is 0.699. The van der Waals surface area contributed by atoms with E-state index in [1.807, 2.05) is 12.1 Å². The van der Waals surface area contributed by atoms with E-state index in [0.29, 0.717) is 11.4 Å². The van der Waals surface area contributed by atoms with Crippen LogP contribution in [0.2, 0.25) is 0 Å². The Bertz CT molecular complexity index is 668. The summed E-state index contributed by atoms with van der Waals surface area (Å²) in [5, 5.41) is 12.3. The first-order valence-corrected chi connectivity index (χ1v) is 8.85. The fourth-order valence-electron chi connectivity index (χ4n) is 2.68. The molecule has 1 nitrogen and oxygen atoms in total. The molecule has 0 bridgehead atoms. The molecule has 0 aliphatic carbocycles. The fourth-order valence-corrected chi connectivity index (χ4v) is 5.32. The van der Waals surface area contributed by atoms with Gasteiger partial charge in [0.05, 0.1) is 0 Å². The normalized spacial score (nSPS) is 12.3. The molecule has 1 unspecified atom stereocenters. The van der Waals surface area contributed by atoms with Crippen molar-refractivity contribution in [2.45, 2.75) is 12.6 Å². The van der Waals surface area contributed by atoms with Gasteiger partial charge in [0.2, 0.25) is 0 Å². The zero-order valence-corrected chi connectivity index (χ0v) is 13.4. The molecule has 3 aromatic rings. The molecule has 0 aliphatic heterocycles. The lowest BCUT2D eigenvalue weighted by Crippen LogP contribution is -2.15. The number of hydrogen-bond donors (Lipinski definition) is 1. The third-order valence-electron chi connectivity index (χ3n) is 3.83. The van der Waals surface area contributed by atoms with E-state index in [1.165, 1.54) is 16.2 Å². The van der Waals surface area contributed by atoms with E-state index in [-0.39, 0.29) is 0 Å². The van der Waals surface area contributed by atoms with E-state index in [2.05, 4.69) is 67.6 Å². The number of phenolic OH excluding ortho intramolecular Hbond substituents is 1. The molecule has 3 rings (SSSR count). The predicted molar refractivity (Wildman–Crippen MR) is 95.6 cm³/mol. The average molecular weight is 306 g/mol. The fraction of sp³-hybridized carbons (Fsp3) is 0.100. The van der Waals surface area contributed by atoms with Gasteiger partial charge in [-0.25, -0.2) is 0 Å². The summed E-state index contributed by atoms with van der Waals surface area (Å²) in [5.74, 6) is 0.319. The Hall–Kier alpha value is -2.11. The number of hydrogen-bond acceptors (Lipinski definition) is 1. The van der Waals surface area contributed by atoms with Crippen LogP contribution in [0.1, 0.15) is 18.1 Å². The Labute approximate surface area is 133 Å². The molecule has 1 atom stereocenters. The maximum Gasteiger partial charge on any atom is 0.115 e. The molecule has 2 heteroatoms. The van der Waals surface area contributed by atoms with Gasteiger partial charge in [0, 0.05) is 5.66 Å². The molecule has 0 fully saturated rings. The standard InChI is InChI=1S/C20H19OP/c1-16(17-12-14-18(21)15-13-17)22(19-8-4-2-5-9-19)20-10-6-3-7-11-20/h2-16,21H,1H3. The molecule has 0 amide bonds. The molecule has 0 saturated heterocycles. The van der Waals surface area contributed by atoms with Crippen molar-refractivity contribution in [1.82, 2.24) is 0 Å². The van der Waals surface area contributed by atoms with Crippen molar-refractivity contribution >= 4 is 18.5 Å². The number of rotatable bonds is 4. The van der Waals surface area contributed by atoms with Gasteiger partial charge in [-0.3, -0.25) is 0 Å². The Balaban J connectivity index is 2.04. The molecule has 0 aliphatic rings. The zero-order valence-electron chi connectivity index (χ0n) is 12.6. The summed E-state index contributed by atoms with van der Waals surface area (Å²) in [4.78, 5) is 0. The lowest BCUT2D eigenvalue weighted by Gasteiger charge is -2.26. The third-order valence-corrected chi connectivity index (χ3v) is 6.61. The van der Waals surface area contributed by atoms with Crippen LogP contribution < -0.4 is 10.6 Å². The maximum atomic E-state index is 9.52. The summed E-state index contributed by atoms with van der Waals surface area (Å²) in [7, 11) is -0.480. The largest absolute Gasteiger partial charge is 0.508 e. The van der Waals surface area contributed by atoms with E-state index < -0.39 is 7.92 Å². The van der Waals surface area contributed by atoms with Crippen LogP contribution >= 0.6 is 7.92 Å². The molecule has 110 valence electrons. The van der Waals surface area contributed by atoms with E-state index in [0.717, 1.165) is 0 Å². The van der Waals surface area contributed by atoms with Gasteiger partial charge >= 0.3 is 0 Å². The predicted octanol–water partition coefficient (Wildman–Crippen LogP) is 4.59. The van der Waals surface area contributed by atoms with Crippen molar-refractivity contribution in [2.75, 3.05) is 0 Å². The van der Waals surface area contributed by atoms with Gasteiger partial charge in [-0.15, -0.1) is 0 Å². The minimum absolute atomic E-state index is 0.319. The third kappa shape index (κ3) is 3.21. The first-order chi connectivity index (χ1) is 10.8. The van der Waals surface area contributed by atoms with E-state index in [1.54, 1.807) is 12.1 Å². The van der Waals surface area contributed by atoms with Crippen molar-refractivity contribution in [2.24, 2.45) is 0 Å². The molecule has 22 heavy (non-hydrogen) atoms. The first kappa shape index (κ1) is 14.8. The second kappa shape index (κ2) is 6.77. The average Bonchev–Trinajstić information content (AvgIpc) is 2.57. The van der Waals surface area contributed by atoms with Gasteiger partial charge in [0.1, 0.15) is 5.75 Å². The lowest BCUT2D eigenvalue weighted by molar-refractivity contribution is 0.475. The zero-order chi connectivity index (χ0) is 15.4. The summed E-state index contributed by atoms with van der Waals surface area (Å²) in [6.07, 6.45) is 0. The molecular weight excluding hydrogens is 287 g/mol. The van der Waals surface area contributed by atoms with Gasteiger partial charge in [0.15, 0.2) is 0 Å². The van der Waals surface area contributed by atoms with Crippen molar-refractivity contribution < 1.29 is 5.11 Å².